The van der Waals surface area contributed by atoms with Gasteiger partial charge >= 0.3 is 0 Å². The molecule has 7 heteroatoms. The van der Waals surface area contributed by atoms with Crippen LogP contribution in [0.15, 0.2) is 22.8 Å². The number of furan rings is 1. The highest BCUT2D eigenvalue weighted by atomic mass is 16.3. The van der Waals surface area contributed by atoms with Crippen molar-refractivity contribution in [2.75, 3.05) is 19.6 Å². The fraction of sp³-hybridized carbons (Fsp3) is 0.471. The standard InChI is InChI=1S/C17H20N4O3/c22-16(14-5-4-10-24-14)21-9-6-13-12(11-21)15(19-18-13)17(23)20-7-2-1-3-8-20/h4-5,10H,1-3,6-9,11H2,(H,18,19). The second kappa shape index (κ2) is 6.14. The molecule has 2 amide bonds. The van der Waals surface area contributed by atoms with Crippen molar-refractivity contribution in [1.82, 2.24) is 20.0 Å². The Kier molecular flexibility index (Phi) is 3.84. The molecule has 0 radical (unpaired) electrons. The summed E-state index contributed by atoms with van der Waals surface area (Å²) in [5.74, 6) is 0.147. The van der Waals surface area contributed by atoms with Crippen molar-refractivity contribution in [3.05, 3.63) is 41.1 Å². The number of aromatic amines is 1. The monoisotopic (exact) mass is 328 g/mol. The Morgan fingerprint density at radius 1 is 1.08 bits per heavy atom. The molecule has 7 nitrogen and oxygen atoms in total. The van der Waals surface area contributed by atoms with Gasteiger partial charge in [0.25, 0.3) is 11.8 Å². The Bertz CT molecular complexity index is 744. The smallest absolute Gasteiger partial charge is 0.289 e. The summed E-state index contributed by atoms with van der Waals surface area (Å²) in [6.07, 6.45) is 5.42. The molecule has 4 heterocycles. The minimum atomic E-state index is -0.150. The van der Waals surface area contributed by atoms with Crippen LogP contribution in [0.5, 0.6) is 0 Å². The van der Waals surface area contributed by atoms with Gasteiger partial charge in [-0.2, -0.15) is 5.10 Å². The molecule has 2 aliphatic rings. The van der Waals surface area contributed by atoms with E-state index in [0.29, 0.717) is 31.0 Å². The maximum Gasteiger partial charge on any atom is 0.289 e. The molecule has 1 saturated heterocycles. The Balaban J connectivity index is 1.55. The average molecular weight is 328 g/mol. The number of hydrogen-bond acceptors (Lipinski definition) is 4. The molecule has 2 aromatic heterocycles. The lowest BCUT2D eigenvalue weighted by atomic mass is 10.0. The van der Waals surface area contributed by atoms with Gasteiger partial charge in [-0.1, -0.05) is 0 Å². The molecule has 0 unspecified atom stereocenters. The van der Waals surface area contributed by atoms with Crippen LogP contribution < -0.4 is 0 Å². The molecule has 0 spiro atoms. The van der Waals surface area contributed by atoms with Gasteiger partial charge in [0.2, 0.25) is 0 Å². The third-order valence-electron chi connectivity index (χ3n) is 4.80. The summed E-state index contributed by atoms with van der Waals surface area (Å²) >= 11 is 0. The summed E-state index contributed by atoms with van der Waals surface area (Å²) in [6, 6.07) is 3.36. The Labute approximate surface area is 139 Å². The normalized spacial score (nSPS) is 17.7. The van der Waals surface area contributed by atoms with E-state index in [9.17, 15) is 9.59 Å². The number of fused-ring (bicyclic) bond motifs is 1. The number of nitrogens with one attached hydrogen (secondary N) is 1. The third kappa shape index (κ3) is 2.60. The summed E-state index contributed by atoms with van der Waals surface area (Å²) < 4.78 is 5.20. The summed E-state index contributed by atoms with van der Waals surface area (Å²) in [5.41, 5.74) is 2.26. The third-order valence-corrected chi connectivity index (χ3v) is 4.80. The molecule has 2 aromatic rings. The van der Waals surface area contributed by atoms with Gasteiger partial charge in [-0.15, -0.1) is 0 Å². The second-order valence-electron chi connectivity index (χ2n) is 6.34. The van der Waals surface area contributed by atoms with Gasteiger partial charge in [0, 0.05) is 37.3 Å². The van der Waals surface area contributed by atoms with E-state index in [1.807, 2.05) is 4.90 Å². The molecular weight excluding hydrogens is 308 g/mol. The van der Waals surface area contributed by atoms with Gasteiger partial charge in [-0.25, -0.2) is 0 Å². The van der Waals surface area contributed by atoms with E-state index < -0.39 is 0 Å². The fourth-order valence-corrected chi connectivity index (χ4v) is 3.45. The minimum Gasteiger partial charge on any atom is -0.459 e. The van der Waals surface area contributed by atoms with Crippen molar-refractivity contribution >= 4 is 11.8 Å². The van der Waals surface area contributed by atoms with Gasteiger partial charge in [0.15, 0.2) is 11.5 Å². The first-order chi connectivity index (χ1) is 11.7. The second-order valence-corrected chi connectivity index (χ2v) is 6.34. The molecule has 0 aromatic carbocycles. The van der Waals surface area contributed by atoms with Crippen LogP contribution in [0.25, 0.3) is 0 Å². The molecule has 24 heavy (non-hydrogen) atoms. The lowest BCUT2D eigenvalue weighted by Crippen LogP contribution is -2.39. The number of amides is 2. The van der Waals surface area contributed by atoms with Crippen LogP contribution in [-0.2, 0) is 13.0 Å². The number of aromatic nitrogens is 2. The van der Waals surface area contributed by atoms with E-state index in [0.717, 1.165) is 37.2 Å². The predicted octanol–water partition coefficient (Wildman–Crippen LogP) is 1.83. The average Bonchev–Trinajstić information content (AvgIpc) is 3.30. The van der Waals surface area contributed by atoms with Crippen molar-refractivity contribution in [3.63, 3.8) is 0 Å². The number of rotatable bonds is 2. The summed E-state index contributed by atoms with van der Waals surface area (Å²) in [7, 11) is 0. The van der Waals surface area contributed by atoms with E-state index in [1.165, 1.54) is 12.7 Å². The van der Waals surface area contributed by atoms with Crippen molar-refractivity contribution < 1.29 is 14.0 Å². The molecule has 2 aliphatic heterocycles. The zero-order valence-corrected chi connectivity index (χ0v) is 13.5. The first-order valence-corrected chi connectivity index (χ1v) is 8.42. The van der Waals surface area contributed by atoms with Crippen molar-refractivity contribution in [2.24, 2.45) is 0 Å². The summed E-state index contributed by atoms with van der Waals surface area (Å²) in [5, 5.41) is 7.23. The van der Waals surface area contributed by atoms with Crippen LogP contribution in [0.2, 0.25) is 0 Å². The van der Waals surface area contributed by atoms with Crippen molar-refractivity contribution in [2.45, 2.75) is 32.2 Å². The SMILES string of the molecule is O=C(c1ccco1)N1CCc2[nH]nc(C(=O)N3CCCCC3)c2C1. The number of carbonyl (C=O) groups is 2. The van der Waals surface area contributed by atoms with Crippen molar-refractivity contribution in [3.8, 4) is 0 Å². The Morgan fingerprint density at radius 3 is 2.67 bits per heavy atom. The molecule has 1 fully saturated rings. The van der Waals surface area contributed by atoms with Crippen LogP contribution in [0, 0.1) is 0 Å². The Hall–Kier alpha value is -2.57. The van der Waals surface area contributed by atoms with Gasteiger partial charge in [0.1, 0.15) is 0 Å². The zero-order valence-electron chi connectivity index (χ0n) is 13.5. The largest absolute Gasteiger partial charge is 0.459 e. The molecule has 1 N–H and O–H groups in total. The van der Waals surface area contributed by atoms with E-state index in [2.05, 4.69) is 10.2 Å². The zero-order chi connectivity index (χ0) is 16.5. The van der Waals surface area contributed by atoms with E-state index in [-0.39, 0.29) is 11.8 Å². The minimum absolute atomic E-state index is 0.0282. The predicted molar refractivity (Wildman–Crippen MR) is 85.5 cm³/mol. The number of nitrogens with zero attached hydrogens (tertiary/aromatic N) is 3. The maximum atomic E-state index is 12.8. The highest BCUT2D eigenvalue weighted by Crippen LogP contribution is 2.24. The first kappa shape index (κ1) is 15.0. The quantitative estimate of drug-likeness (QED) is 0.912. The van der Waals surface area contributed by atoms with Crippen LogP contribution in [-0.4, -0.2) is 51.4 Å². The van der Waals surface area contributed by atoms with Gasteiger partial charge < -0.3 is 14.2 Å². The highest BCUT2D eigenvalue weighted by molar-refractivity contribution is 5.95. The van der Waals surface area contributed by atoms with Gasteiger partial charge in [-0.05, 0) is 31.4 Å². The maximum absolute atomic E-state index is 12.8. The van der Waals surface area contributed by atoms with E-state index in [4.69, 9.17) is 4.42 Å². The van der Waals surface area contributed by atoms with Gasteiger partial charge in [0.05, 0.1) is 12.8 Å². The number of piperidine rings is 1. The van der Waals surface area contributed by atoms with E-state index >= 15 is 0 Å². The summed E-state index contributed by atoms with van der Waals surface area (Å²) in [4.78, 5) is 28.8. The number of H-pyrrole nitrogens is 1. The number of carbonyl (C=O) groups excluding carboxylic acids is 2. The van der Waals surface area contributed by atoms with Gasteiger partial charge in [-0.3, -0.25) is 14.7 Å². The molecule has 4 rings (SSSR count). The van der Waals surface area contributed by atoms with Crippen molar-refractivity contribution in [1.29, 1.82) is 0 Å². The molecule has 0 saturated carbocycles. The lowest BCUT2D eigenvalue weighted by Gasteiger charge is -2.28. The molecule has 0 aliphatic carbocycles. The molecular formula is C17H20N4O3. The fourth-order valence-electron chi connectivity index (χ4n) is 3.45. The van der Waals surface area contributed by atoms with Crippen LogP contribution >= 0.6 is 0 Å². The van der Waals surface area contributed by atoms with Crippen LogP contribution in [0.4, 0.5) is 0 Å². The first-order valence-electron chi connectivity index (χ1n) is 8.42. The lowest BCUT2D eigenvalue weighted by molar-refractivity contribution is 0.0681. The van der Waals surface area contributed by atoms with Crippen LogP contribution in [0.1, 0.15) is 51.6 Å². The van der Waals surface area contributed by atoms with Crippen LogP contribution in [0.3, 0.4) is 0 Å². The number of hydrogen-bond donors (Lipinski definition) is 1. The molecule has 126 valence electrons. The Morgan fingerprint density at radius 2 is 1.92 bits per heavy atom. The topological polar surface area (TPSA) is 82.4 Å². The van der Waals surface area contributed by atoms with E-state index in [1.54, 1.807) is 17.0 Å². The number of likely N-dealkylation sites (tertiary alicyclic amines) is 1. The molecule has 0 atom stereocenters. The molecule has 0 bridgehead atoms. The summed E-state index contributed by atoms with van der Waals surface area (Å²) in [6.45, 7) is 2.55. The highest BCUT2D eigenvalue weighted by Gasteiger charge is 2.31.